The van der Waals surface area contributed by atoms with Crippen molar-refractivity contribution in [2.75, 3.05) is 0 Å². The highest BCUT2D eigenvalue weighted by atomic mass is 79.9. The molecule has 12 heavy (non-hydrogen) atoms. The van der Waals surface area contributed by atoms with Gasteiger partial charge in [0.15, 0.2) is 0 Å². The zero-order valence-corrected chi connectivity index (χ0v) is 7.84. The molecular weight excluding hydrogens is 220 g/mol. The smallest absolute Gasteiger partial charge is 0.134 e. The third kappa shape index (κ3) is 1.15. The highest BCUT2D eigenvalue weighted by Gasteiger charge is 2.03. The van der Waals surface area contributed by atoms with Gasteiger partial charge in [-0.2, -0.15) is 0 Å². The lowest BCUT2D eigenvalue weighted by Gasteiger charge is -1.91. The molecule has 2 aromatic rings. The quantitative estimate of drug-likeness (QED) is 0.812. The van der Waals surface area contributed by atoms with E-state index in [9.17, 15) is 0 Å². The van der Waals surface area contributed by atoms with Crippen molar-refractivity contribution >= 4 is 26.9 Å². The molecular formula is C9H7BrO2. The van der Waals surface area contributed by atoms with Crippen LogP contribution >= 0.6 is 15.9 Å². The van der Waals surface area contributed by atoms with Crippen LogP contribution in [0.25, 0.3) is 11.0 Å². The van der Waals surface area contributed by atoms with E-state index in [2.05, 4.69) is 15.9 Å². The summed E-state index contributed by atoms with van der Waals surface area (Å²) in [6, 6.07) is 5.72. The van der Waals surface area contributed by atoms with E-state index in [4.69, 9.17) is 9.52 Å². The van der Waals surface area contributed by atoms with Gasteiger partial charge in [-0.3, -0.25) is 0 Å². The molecule has 0 aliphatic rings. The van der Waals surface area contributed by atoms with Crippen LogP contribution in [0.15, 0.2) is 33.4 Å². The molecule has 0 unspecified atom stereocenters. The second-order valence-electron chi connectivity index (χ2n) is 2.56. The van der Waals surface area contributed by atoms with Gasteiger partial charge >= 0.3 is 0 Å². The molecule has 0 fully saturated rings. The number of furan rings is 1. The van der Waals surface area contributed by atoms with Crippen LogP contribution in [-0.2, 0) is 6.61 Å². The number of aliphatic hydroxyl groups excluding tert-OH is 1. The Bertz CT molecular complexity index is 406. The van der Waals surface area contributed by atoms with Gasteiger partial charge in [0, 0.05) is 15.4 Å². The van der Waals surface area contributed by atoms with Crippen molar-refractivity contribution in [1.82, 2.24) is 0 Å². The van der Waals surface area contributed by atoms with E-state index in [1.807, 2.05) is 18.2 Å². The minimum Gasteiger partial charge on any atom is -0.464 e. The lowest BCUT2D eigenvalue weighted by Crippen LogP contribution is -1.77. The monoisotopic (exact) mass is 226 g/mol. The number of hydrogen-bond donors (Lipinski definition) is 1. The fourth-order valence-electron chi connectivity index (χ4n) is 1.18. The summed E-state index contributed by atoms with van der Waals surface area (Å²) in [5.74, 6) is 0. The third-order valence-corrected chi connectivity index (χ3v) is 2.28. The molecule has 0 saturated heterocycles. The molecule has 1 N–H and O–H groups in total. The molecule has 0 spiro atoms. The van der Waals surface area contributed by atoms with Gasteiger partial charge in [0.25, 0.3) is 0 Å². The minimum absolute atomic E-state index is 0.0173. The molecule has 0 saturated carbocycles. The lowest BCUT2D eigenvalue weighted by molar-refractivity contribution is 0.281. The number of rotatable bonds is 1. The zero-order chi connectivity index (χ0) is 8.55. The largest absolute Gasteiger partial charge is 0.464 e. The molecule has 0 aliphatic carbocycles. The Morgan fingerprint density at radius 2 is 2.25 bits per heavy atom. The van der Waals surface area contributed by atoms with Crippen LogP contribution in [0.1, 0.15) is 5.56 Å². The summed E-state index contributed by atoms with van der Waals surface area (Å²) >= 11 is 3.36. The number of halogens is 1. The first-order valence-electron chi connectivity index (χ1n) is 3.58. The highest BCUT2D eigenvalue weighted by Crippen LogP contribution is 2.24. The maximum absolute atomic E-state index is 8.94. The van der Waals surface area contributed by atoms with E-state index >= 15 is 0 Å². The van der Waals surface area contributed by atoms with E-state index in [1.54, 1.807) is 6.26 Å². The predicted molar refractivity (Wildman–Crippen MR) is 49.8 cm³/mol. The van der Waals surface area contributed by atoms with Crippen LogP contribution in [-0.4, -0.2) is 5.11 Å². The van der Waals surface area contributed by atoms with Crippen molar-refractivity contribution in [2.24, 2.45) is 0 Å². The molecule has 3 heteroatoms. The van der Waals surface area contributed by atoms with Gasteiger partial charge < -0.3 is 9.52 Å². The summed E-state index contributed by atoms with van der Waals surface area (Å²) in [6.45, 7) is 0.0173. The van der Waals surface area contributed by atoms with E-state index in [0.717, 1.165) is 21.0 Å². The number of benzene rings is 1. The Labute approximate surface area is 77.9 Å². The van der Waals surface area contributed by atoms with Gasteiger partial charge in [-0.25, -0.2) is 0 Å². The topological polar surface area (TPSA) is 33.4 Å². The summed E-state index contributed by atoms with van der Waals surface area (Å²) in [7, 11) is 0. The normalized spacial score (nSPS) is 10.8. The van der Waals surface area contributed by atoms with Gasteiger partial charge in [0.05, 0.1) is 12.9 Å². The molecule has 62 valence electrons. The summed E-state index contributed by atoms with van der Waals surface area (Å²) < 4.78 is 6.21. The molecule has 1 heterocycles. The SMILES string of the molecule is OCc1coc2ccc(Br)cc12. The van der Waals surface area contributed by atoms with Crippen LogP contribution in [0.4, 0.5) is 0 Å². The molecule has 0 radical (unpaired) electrons. The fraction of sp³-hybridized carbons (Fsp3) is 0.111. The summed E-state index contributed by atoms with van der Waals surface area (Å²) in [5.41, 5.74) is 1.63. The van der Waals surface area contributed by atoms with Crippen molar-refractivity contribution in [1.29, 1.82) is 0 Å². The minimum atomic E-state index is 0.0173. The van der Waals surface area contributed by atoms with Crippen LogP contribution in [0.2, 0.25) is 0 Å². The van der Waals surface area contributed by atoms with Crippen molar-refractivity contribution in [3.8, 4) is 0 Å². The Kier molecular flexibility index (Phi) is 1.90. The molecule has 1 aromatic carbocycles. The average molecular weight is 227 g/mol. The van der Waals surface area contributed by atoms with E-state index in [0.29, 0.717) is 0 Å². The Morgan fingerprint density at radius 1 is 1.42 bits per heavy atom. The van der Waals surface area contributed by atoms with E-state index in [1.165, 1.54) is 0 Å². The molecule has 0 bridgehead atoms. The van der Waals surface area contributed by atoms with E-state index < -0.39 is 0 Å². The van der Waals surface area contributed by atoms with Crippen molar-refractivity contribution < 1.29 is 9.52 Å². The van der Waals surface area contributed by atoms with Crippen LogP contribution in [0.5, 0.6) is 0 Å². The van der Waals surface area contributed by atoms with Crippen molar-refractivity contribution in [3.63, 3.8) is 0 Å². The standard InChI is InChI=1S/C9H7BrO2/c10-7-1-2-9-8(3-7)6(4-11)5-12-9/h1-3,5,11H,4H2. The Hall–Kier alpha value is -0.800. The fourth-order valence-corrected chi connectivity index (χ4v) is 1.54. The van der Waals surface area contributed by atoms with Gasteiger partial charge in [-0.05, 0) is 18.2 Å². The molecule has 2 rings (SSSR count). The highest BCUT2D eigenvalue weighted by molar-refractivity contribution is 9.10. The zero-order valence-electron chi connectivity index (χ0n) is 6.25. The maximum Gasteiger partial charge on any atom is 0.134 e. The molecule has 0 amide bonds. The second-order valence-corrected chi connectivity index (χ2v) is 3.48. The van der Waals surface area contributed by atoms with Gasteiger partial charge in [0.2, 0.25) is 0 Å². The lowest BCUT2D eigenvalue weighted by atomic mass is 10.2. The molecule has 1 aromatic heterocycles. The van der Waals surface area contributed by atoms with Crippen molar-refractivity contribution in [2.45, 2.75) is 6.61 Å². The second kappa shape index (κ2) is 2.92. The molecule has 0 aliphatic heterocycles. The first-order chi connectivity index (χ1) is 5.81. The Balaban J connectivity index is 2.75. The van der Waals surface area contributed by atoms with Gasteiger partial charge in [-0.1, -0.05) is 15.9 Å². The van der Waals surface area contributed by atoms with Gasteiger partial charge in [0.1, 0.15) is 5.58 Å². The predicted octanol–water partition coefficient (Wildman–Crippen LogP) is 2.69. The summed E-state index contributed by atoms with van der Waals surface area (Å²) in [6.07, 6.45) is 1.58. The first-order valence-corrected chi connectivity index (χ1v) is 4.37. The average Bonchev–Trinajstić information content (AvgIpc) is 2.46. The third-order valence-electron chi connectivity index (χ3n) is 1.79. The number of hydrogen-bond acceptors (Lipinski definition) is 2. The van der Waals surface area contributed by atoms with Crippen LogP contribution < -0.4 is 0 Å². The van der Waals surface area contributed by atoms with Crippen LogP contribution in [0, 0.1) is 0 Å². The summed E-state index contributed by atoms with van der Waals surface area (Å²) in [4.78, 5) is 0. The first kappa shape index (κ1) is 7.83. The number of aliphatic hydroxyl groups is 1. The molecule has 2 nitrogen and oxygen atoms in total. The van der Waals surface area contributed by atoms with E-state index in [-0.39, 0.29) is 6.61 Å². The summed E-state index contributed by atoms with van der Waals surface area (Å²) in [5, 5.41) is 9.90. The molecule has 0 atom stereocenters. The van der Waals surface area contributed by atoms with Crippen molar-refractivity contribution in [3.05, 3.63) is 34.5 Å². The van der Waals surface area contributed by atoms with Crippen LogP contribution in [0.3, 0.4) is 0 Å². The Morgan fingerprint density at radius 3 is 3.00 bits per heavy atom. The maximum atomic E-state index is 8.94. The number of fused-ring (bicyclic) bond motifs is 1. The van der Waals surface area contributed by atoms with Gasteiger partial charge in [-0.15, -0.1) is 0 Å².